The molecule has 0 fully saturated rings. The molecule has 0 aliphatic carbocycles. The van der Waals surface area contributed by atoms with Gasteiger partial charge in [-0.25, -0.2) is 0 Å². The van der Waals surface area contributed by atoms with E-state index in [1.807, 2.05) is 22.6 Å². The van der Waals surface area contributed by atoms with Crippen LogP contribution in [0.15, 0.2) is 12.3 Å². The van der Waals surface area contributed by atoms with Crippen LogP contribution in [0.1, 0.15) is 2.74 Å². The topological polar surface area (TPSA) is 28.7 Å². The second-order valence-corrected chi connectivity index (χ2v) is 1.82. The molecule has 1 N–H and O–H groups in total. The summed E-state index contributed by atoms with van der Waals surface area (Å²) in [5.41, 5.74) is 0. The molecule has 0 bridgehead atoms. The molecule has 1 aromatic heterocycles. The van der Waals surface area contributed by atoms with Crippen molar-refractivity contribution in [1.82, 2.24) is 10.2 Å². The molecular weight excluding hydrogens is 191 g/mol. The lowest BCUT2D eigenvalue weighted by molar-refractivity contribution is 1.09. The molecule has 3 heteroatoms. The third kappa shape index (κ3) is 0.707. The Morgan fingerprint density at radius 1 is 2.33 bits per heavy atom. The highest BCUT2D eigenvalue weighted by atomic mass is 127. The molecule has 0 aliphatic rings. The van der Waals surface area contributed by atoms with E-state index < -0.39 is 0 Å². The maximum Gasteiger partial charge on any atom is 0.189 e. The molecule has 0 saturated carbocycles. The molecule has 1 rings (SSSR count). The van der Waals surface area contributed by atoms with Crippen molar-refractivity contribution in [2.45, 2.75) is 0 Å². The Bertz CT molecular complexity index is 211. The van der Waals surface area contributed by atoms with Crippen LogP contribution < -0.4 is 0 Å². The van der Waals surface area contributed by atoms with Crippen molar-refractivity contribution in [3.63, 3.8) is 0 Å². The Labute approximate surface area is 53.4 Å². The monoisotopic (exact) mass is 197 g/mol. The zero-order valence-corrected chi connectivity index (χ0v) is 4.93. The van der Waals surface area contributed by atoms with Crippen molar-refractivity contribution in [3.05, 3.63) is 15.9 Å². The lowest BCUT2D eigenvalue weighted by Gasteiger charge is -1.59. The van der Waals surface area contributed by atoms with Crippen LogP contribution in [0.5, 0.6) is 0 Å². The number of H-pyrrole nitrogens is 1. The standard InChI is InChI=1S/C3H3IN2/c4-3-1-5-6-2-3/h1-2H,(H,5,6)/i1D,2D/hD. The van der Waals surface area contributed by atoms with E-state index in [4.69, 9.17) is 4.15 Å². The molecule has 6 heavy (non-hydrogen) atoms. The van der Waals surface area contributed by atoms with Crippen LogP contribution in [0.25, 0.3) is 0 Å². The van der Waals surface area contributed by atoms with E-state index in [0.717, 1.165) is 0 Å². The Hall–Kier alpha value is -0.0600. The van der Waals surface area contributed by atoms with Crippen LogP contribution >= 0.6 is 22.6 Å². The van der Waals surface area contributed by atoms with E-state index in [9.17, 15) is 0 Å². The second kappa shape index (κ2) is 1.59. The first-order valence-corrected chi connectivity index (χ1v) is 2.41. The van der Waals surface area contributed by atoms with E-state index in [-0.39, 0.29) is 12.3 Å². The van der Waals surface area contributed by atoms with Crippen molar-refractivity contribution >= 4 is 22.6 Å². The Kier molecular flexibility index (Phi) is 0.481. The third-order valence-electron chi connectivity index (χ3n) is 0.346. The summed E-state index contributed by atoms with van der Waals surface area (Å²) in [5.74, 6) is 0. The van der Waals surface area contributed by atoms with Crippen molar-refractivity contribution in [3.8, 4) is 0 Å². The molecular formula is C3H3IN2. The number of rotatable bonds is 0. The second-order valence-electron chi connectivity index (χ2n) is 0.738. The quantitative estimate of drug-likeness (QED) is 0.617. The number of nitrogens with one attached hydrogen (secondary N) is 1. The average molecular weight is 197 g/mol. The minimum absolute atomic E-state index is 0.00407. The van der Waals surface area contributed by atoms with Gasteiger partial charge < -0.3 is 0 Å². The fraction of sp³-hybridized carbons (Fsp3) is 0. The third-order valence-corrected chi connectivity index (χ3v) is 0.829. The van der Waals surface area contributed by atoms with Gasteiger partial charge in [0.25, 0.3) is 0 Å². The Morgan fingerprint density at radius 3 is 3.33 bits per heavy atom. The van der Waals surface area contributed by atoms with Crippen LogP contribution in [0, 0.1) is 3.57 Å². The van der Waals surface area contributed by atoms with Crippen LogP contribution in [-0.2, 0) is 0 Å². The number of nitrogens with zero attached hydrogens (tertiary/aromatic N) is 1. The largest absolute Gasteiger partial charge is 0.285 e. The SMILES string of the molecule is [2H]c1nn([2H])c([2H])c1I. The van der Waals surface area contributed by atoms with Crippen LogP contribution in [0.2, 0.25) is 1.41 Å². The predicted octanol–water partition coefficient (Wildman–Crippen LogP) is 1.01. The Morgan fingerprint density at radius 2 is 3.17 bits per heavy atom. The first-order valence-electron chi connectivity index (χ1n) is 2.78. The molecule has 0 radical (unpaired) electrons. The van der Waals surface area contributed by atoms with Crippen molar-refractivity contribution in [2.75, 3.05) is 0 Å². The molecule has 1 aromatic rings. The number of hydrogen-bond acceptors (Lipinski definition) is 1. The number of aromatic amines is 1. The minimum atomic E-state index is -0.0272. The smallest absolute Gasteiger partial charge is 0.189 e. The number of hydrogen-bond donors (Lipinski definition) is 1. The summed E-state index contributed by atoms with van der Waals surface area (Å²) in [7, 11) is 0. The Balaban J connectivity index is 3.29. The summed E-state index contributed by atoms with van der Waals surface area (Å²) in [4.78, 5) is 0. The van der Waals surface area contributed by atoms with Gasteiger partial charge in [-0.2, -0.15) is 5.10 Å². The highest BCUT2D eigenvalue weighted by Gasteiger charge is 1.77. The zero-order valence-electron chi connectivity index (χ0n) is 5.77. The molecule has 32 valence electrons. The van der Waals surface area contributed by atoms with Gasteiger partial charge in [-0.15, -0.1) is 0 Å². The average Bonchev–Trinajstić information content (AvgIpc) is 1.98. The highest BCUT2D eigenvalue weighted by Crippen LogP contribution is 1.95. The summed E-state index contributed by atoms with van der Waals surface area (Å²) in [6.07, 6.45) is -0.0313. The van der Waals surface area contributed by atoms with Gasteiger partial charge in [-0.05, 0) is 22.6 Å². The van der Waals surface area contributed by atoms with Gasteiger partial charge in [0.15, 0.2) is 1.41 Å². The van der Waals surface area contributed by atoms with Gasteiger partial charge in [0, 0.05) is 6.17 Å². The molecule has 0 spiro atoms. The van der Waals surface area contributed by atoms with Crippen LogP contribution in [-0.4, -0.2) is 10.2 Å². The summed E-state index contributed by atoms with van der Waals surface area (Å²) < 4.78 is 21.3. The first kappa shape index (κ1) is 1.81. The minimum Gasteiger partial charge on any atom is -0.285 e. The highest BCUT2D eigenvalue weighted by molar-refractivity contribution is 14.1. The van der Waals surface area contributed by atoms with Gasteiger partial charge in [-0.3, -0.25) is 5.09 Å². The fourth-order valence-electron chi connectivity index (χ4n) is 0.163. The molecule has 1 heterocycles. The van der Waals surface area contributed by atoms with E-state index in [2.05, 4.69) is 5.10 Å². The fourth-order valence-corrected chi connectivity index (χ4v) is 0.379. The van der Waals surface area contributed by atoms with Crippen LogP contribution in [0.4, 0.5) is 0 Å². The normalized spacial score (nSPS) is 15.8. The van der Waals surface area contributed by atoms with E-state index in [1.54, 1.807) is 0 Å². The molecule has 0 aliphatic heterocycles. The van der Waals surface area contributed by atoms with Gasteiger partial charge in [0.05, 0.1) is 12.5 Å². The van der Waals surface area contributed by atoms with Gasteiger partial charge in [0.2, 0.25) is 0 Å². The number of aromatic nitrogens is 2. The van der Waals surface area contributed by atoms with Crippen molar-refractivity contribution < 1.29 is 4.15 Å². The van der Waals surface area contributed by atoms with Crippen LogP contribution in [0.3, 0.4) is 0 Å². The van der Waals surface area contributed by atoms with Crippen molar-refractivity contribution in [2.24, 2.45) is 0 Å². The van der Waals surface area contributed by atoms with E-state index >= 15 is 0 Å². The maximum absolute atomic E-state index is 7.05. The molecule has 0 atom stereocenters. The predicted molar refractivity (Wildman–Crippen MR) is 31.3 cm³/mol. The van der Waals surface area contributed by atoms with E-state index in [1.165, 1.54) is 0 Å². The van der Waals surface area contributed by atoms with Gasteiger partial charge >= 0.3 is 0 Å². The summed E-state index contributed by atoms with van der Waals surface area (Å²) >= 11 is 1.81. The molecule has 0 unspecified atom stereocenters. The molecule has 0 aromatic carbocycles. The van der Waals surface area contributed by atoms with Gasteiger partial charge in [0.1, 0.15) is 0 Å². The molecule has 2 nitrogen and oxygen atoms in total. The zero-order chi connectivity index (χ0) is 7.02. The summed E-state index contributed by atoms with van der Waals surface area (Å²) in [6.45, 7) is 0. The lowest BCUT2D eigenvalue weighted by atomic mass is 10.8. The van der Waals surface area contributed by atoms with Gasteiger partial charge in [-0.1, -0.05) is 0 Å². The lowest BCUT2D eigenvalue weighted by Crippen LogP contribution is -1.53. The summed E-state index contributed by atoms with van der Waals surface area (Å²) in [6, 6.07) is 0. The molecule has 0 saturated heterocycles. The molecule has 0 amide bonds. The summed E-state index contributed by atoms with van der Waals surface area (Å²) in [5, 5.41) is 3.99. The van der Waals surface area contributed by atoms with Crippen molar-refractivity contribution in [1.29, 1.82) is 0 Å². The first-order chi connectivity index (χ1) is 4.13. The number of halogens is 1. The van der Waals surface area contributed by atoms with E-state index in [0.29, 0.717) is 8.66 Å². The maximum atomic E-state index is 7.05.